The standard InChI is InChI=1S/C15H16F3NO3/c16-15(17,18)11-6-2-1-5-10(11)9-12(20)19-14(13(21)22)7-3-4-8-14/h1-2,5-6H,3-4,7-9H2,(H,19,20)(H,21,22). The second-order valence-corrected chi connectivity index (χ2v) is 5.47. The van der Waals surface area contributed by atoms with Gasteiger partial charge < -0.3 is 10.4 Å². The minimum atomic E-state index is -4.55. The monoisotopic (exact) mass is 315 g/mol. The summed E-state index contributed by atoms with van der Waals surface area (Å²) in [6.45, 7) is 0. The normalized spacial score (nSPS) is 17.2. The van der Waals surface area contributed by atoms with E-state index in [1.165, 1.54) is 18.2 Å². The van der Waals surface area contributed by atoms with E-state index in [1.807, 2.05) is 0 Å². The van der Waals surface area contributed by atoms with Crippen molar-refractivity contribution in [2.75, 3.05) is 0 Å². The average molecular weight is 315 g/mol. The lowest BCUT2D eigenvalue weighted by Crippen LogP contribution is -2.53. The van der Waals surface area contributed by atoms with Crippen molar-refractivity contribution in [2.45, 2.75) is 43.8 Å². The zero-order valence-electron chi connectivity index (χ0n) is 11.7. The van der Waals surface area contributed by atoms with Crippen LogP contribution in [-0.2, 0) is 22.2 Å². The molecule has 22 heavy (non-hydrogen) atoms. The Hall–Kier alpha value is -2.05. The molecular formula is C15H16F3NO3. The maximum absolute atomic E-state index is 12.9. The van der Waals surface area contributed by atoms with Gasteiger partial charge in [0, 0.05) is 0 Å². The second-order valence-electron chi connectivity index (χ2n) is 5.47. The molecule has 1 aromatic carbocycles. The summed E-state index contributed by atoms with van der Waals surface area (Å²) in [5.74, 6) is -1.84. The van der Waals surface area contributed by atoms with Crippen molar-refractivity contribution in [2.24, 2.45) is 0 Å². The molecule has 4 nitrogen and oxygen atoms in total. The van der Waals surface area contributed by atoms with Crippen LogP contribution in [0.25, 0.3) is 0 Å². The number of hydrogen-bond acceptors (Lipinski definition) is 2. The number of carbonyl (C=O) groups is 2. The lowest BCUT2D eigenvalue weighted by atomic mass is 9.96. The van der Waals surface area contributed by atoms with Crippen LogP contribution >= 0.6 is 0 Å². The number of halogens is 3. The summed E-state index contributed by atoms with van der Waals surface area (Å²) in [5.41, 5.74) is -2.38. The number of aliphatic carboxylic acids is 1. The molecule has 0 heterocycles. The number of amides is 1. The number of carbonyl (C=O) groups excluding carboxylic acids is 1. The van der Waals surface area contributed by atoms with Crippen LogP contribution in [0.3, 0.4) is 0 Å². The van der Waals surface area contributed by atoms with Gasteiger partial charge in [0.25, 0.3) is 0 Å². The molecule has 0 atom stereocenters. The minimum absolute atomic E-state index is 0.161. The molecular weight excluding hydrogens is 299 g/mol. The van der Waals surface area contributed by atoms with E-state index in [0.29, 0.717) is 25.7 Å². The Balaban J connectivity index is 2.15. The van der Waals surface area contributed by atoms with Crippen LogP contribution < -0.4 is 5.32 Å². The Morgan fingerprint density at radius 1 is 1.18 bits per heavy atom. The van der Waals surface area contributed by atoms with E-state index in [2.05, 4.69) is 5.32 Å². The number of rotatable bonds is 4. The third-order valence-electron chi connectivity index (χ3n) is 3.92. The van der Waals surface area contributed by atoms with Crippen LogP contribution in [0, 0.1) is 0 Å². The van der Waals surface area contributed by atoms with Crippen LogP contribution in [0.5, 0.6) is 0 Å². The first kappa shape index (κ1) is 16.3. The van der Waals surface area contributed by atoms with Gasteiger partial charge in [0.2, 0.25) is 5.91 Å². The highest BCUT2D eigenvalue weighted by Crippen LogP contribution is 2.33. The van der Waals surface area contributed by atoms with Gasteiger partial charge >= 0.3 is 12.1 Å². The van der Waals surface area contributed by atoms with Gasteiger partial charge in [-0.1, -0.05) is 31.0 Å². The molecule has 1 saturated carbocycles. The molecule has 2 rings (SSSR count). The van der Waals surface area contributed by atoms with Gasteiger partial charge in [-0.2, -0.15) is 13.2 Å². The first-order valence-electron chi connectivity index (χ1n) is 6.94. The molecule has 1 amide bonds. The number of hydrogen-bond donors (Lipinski definition) is 2. The van der Waals surface area contributed by atoms with Gasteiger partial charge in [0.15, 0.2) is 0 Å². The third-order valence-corrected chi connectivity index (χ3v) is 3.92. The van der Waals surface area contributed by atoms with Crippen molar-refractivity contribution in [1.82, 2.24) is 5.32 Å². The fraction of sp³-hybridized carbons (Fsp3) is 0.467. The summed E-state index contributed by atoms with van der Waals surface area (Å²) >= 11 is 0. The van der Waals surface area contributed by atoms with Crippen LogP contribution in [0.1, 0.15) is 36.8 Å². The Kier molecular flexibility index (Phi) is 4.44. The van der Waals surface area contributed by atoms with Gasteiger partial charge in [-0.3, -0.25) is 4.79 Å². The molecule has 120 valence electrons. The van der Waals surface area contributed by atoms with Crippen molar-refractivity contribution >= 4 is 11.9 Å². The summed E-state index contributed by atoms with van der Waals surface area (Å²) in [7, 11) is 0. The lowest BCUT2D eigenvalue weighted by molar-refractivity contribution is -0.147. The maximum Gasteiger partial charge on any atom is 0.416 e. The Morgan fingerprint density at radius 2 is 1.77 bits per heavy atom. The quantitative estimate of drug-likeness (QED) is 0.898. The molecule has 0 aliphatic heterocycles. The van der Waals surface area contributed by atoms with E-state index in [9.17, 15) is 27.9 Å². The average Bonchev–Trinajstić information content (AvgIpc) is 2.87. The molecule has 2 N–H and O–H groups in total. The molecule has 0 saturated heterocycles. The van der Waals surface area contributed by atoms with Gasteiger partial charge in [-0.15, -0.1) is 0 Å². The predicted molar refractivity (Wildman–Crippen MR) is 72.1 cm³/mol. The number of carboxylic acids is 1. The summed E-state index contributed by atoms with van der Waals surface area (Å²) in [5, 5.41) is 11.7. The minimum Gasteiger partial charge on any atom is -0.480 e. The highest BCUT2D eigenvalue weighted by molar-refractivity contribution is 5.88. The molecule has 1 aliphatic carbocycles. The number of nitrogens with one attached hydrogen (secondary N) is 1. The van der Waals surface area contributed by atoms with E-state index >= 15 is 0 Å². The SMILES string of the molecule is O=C(Cc1ccccc1C(F)(F)F)NC1(C(=O)O)CCCC1. The molecule has 0 aromatic heterocycles. The van der Waals surface area contributed by atoms with Crippen molar-refractivity contribution < 1.29 is 27.9 Å². The van der Waals surface area contributed by atoms with Crippen molar-refractivity contribution in [3.63, 3.8) is 0 Å². The predicted octanol–water partition coefficient (Wildman–Crippen LogP) is 2.76. The largest absolute Gasteiger partial charge is 0.480 e. The van der Waals surface area contributed by atoms with E-state index in [1.54, 1.807) is 0 Å². The van der Waals surface area contributed by atoms with E-state index < -0.39 is 35.6 Å². The van der Waals surface area contributed by atoms with Gasteiger partial charge in [-0.25, -0.2) is 4.79 Å². The number of carboxylic acid groups (broad SMARTS) is 1. The summed E-state index contributed by atoms with van der Waals surface area (Å²) in [6, 6.07) is 4.80. The van der Waals surface area contributed by atoms with Crippen LogP contribution in [0.15, 0.2) is 24.3 Å². The molecule has 0 radical (unpaired) electrons. The molecule has 0 bridgehead atoms. The summed E-state index contributed by atoms with van der Waals surface area (Å²) in [6.07, 6.45) is -3.10. The highest BCUT2D eigenvalue weighted by Gasteiger charge is 2.42. The van der Waals surface area contributed by atoms with Crippen molar-refractivity contribution in [3.8, 4) is 0 Å². The number of alkyl halides is 3. The molecule has 0 spiro atoms. The Morgan fingerprint density at radius 3 is 2.32 bits per heavy atom. The molecule has 0 unspecified atom stereocenters. The first-order valence-corrected chi connectivity index (χ1v) is 6.94. The van der Waals surface area contributed by atoms with Crippen molar-refractivity contribution in [1.29, 1.82) is 0 Å². The zero-order valence-corrected chi connectivity index (χ0v) is 11.7. The third kappa shape index (κ3) is 3.40. The molecule has 1 aromatic rings. The highest BCUT2D eigenvalue weighted by atomic mass is 19.4. The fourth-order valence-corrected chi connectivity index (χ4v) is 2.81. The fourth-order valence-electron chi connectivity index (χ4n) is 2.81. The van der Waals surface area contributed by atoms with Gasteiger partial charge in [-0.05, 0) is 24.5 Å². The number of benzene rings is 1. The lowest BCUT2D eigenvalue weighted by Gasteiger charge is -2.25. The molecule has 7 heteroatoms. The zero-order chi connectivity index (χ0) is 16.4. The topological polar surface area (TPSA) is 66.4 Å². The first-order chi connectivity index (χ1) is 10.2. The second kappa shape index (κ2) is 5.98. The van der Waals surface area contributed by atoms with E-state index in [4.69, 9.17) is 0 Å². The van der Waals surface area contributed by atoms with Gasteiger partial charge in [0.05, 0.1) is 12.0 Å². The maximum atomic E-state index is 12.9. The summed E-state index contributed by atoms with van der Waals surface area (Å²) in [4.78, 5) is 23.4. The summed E-state index contributed by atoms with van der Waals surface area (Å²) < 4.78 is 38.6. The molecule has 1 fully saturated rings. The molecule has 1 aliphatic rings. The van der Waals surface area contributed by atoms with Gasteiger partial charge in [0.1, 0.15) is 5.54 Å². The van der Waals surface area contributed by atoms with Crippen LogP contribution in [-0.4, -0.2) is 22.5 Å². The smallest absolute Gasteiger partial charge is 0.416 e. The van der Waals surface area contributed by atoms with Crippen molar-refractivity contribution in [3.05, 3.63) is 35.4 Å². The van der Waals surface area contributed by atoms with E-state index in [0.717, 1.165) is 6.07 Å². The Bertz CT molecular complexity index is 578. The van der Waals surface area contributed by atoms with Crippen LogP contribution in [0.4, 0.5) is 13.2 Å². The van der Waals surface area contributed by atoms with Crippen LogP contribution in [0.2, 0.25) is 0 Å². The Labute approximate surface area is 125 Å². The van der Waals surface area contributed by atoms with E-state index in [-0.39, 0.29) is 5.56 Å².